The number of benzene rings is 2. The summed E-state index contributed by atoms with van der Waals surface area (Å²) >= 11 is 1.49. The van der Waals surface area contributed by atoms with Gasteiger partial charge in [0, 0.05) is 33.1 Å². The molecule has 0 unspecified atom stereocenters. The van der Waals surface area contributed by atoms with E-state index < -0.39 is 0 Å². The number of aromatic nitrogens is 1. The average molecular weight is 363 g/mol. The zero-order valence-electron chi connectivity index (χ0n) is 14.3. The largest absolute Gasteiger partial charge is 0.465 e. The number of fused-ring (bicyclic) bond motifs is 2. The zero-order chi connectivity index (χ0) is 18.1. The van der Waals surface area contributed by atoms with Gasteiger partial charge in [0.1, 0.15) is 6.54 Å². The van der Waals surface area contributed by atoms with E-state index in [2.05, 4.69) is 0 Å². The first-order chi connectivity index (χ1) is 12.7. The van der Waals surface area contributed by atoms with Crippen LogP contribution in [0.4, 0.5) is 0 Å². The first-order valence-electron chi connectivity index (χ1n) is 8.44. The highest BCUT2D eigenvalue weighted by molar-refractivity contribution is 8.04. The molecule has 0 N–H and O–H groups in total. The van der Waals surface area contributed by atoms with E-state index in [0.29, 0.717) is 11.5 Å². The molecule has 1 aromatic heterocycles. The Morgan fingerprint density at radius 1 is 1.15 bits per heavy atom. The van der Waals surface area contributed by atoms with Crippen LogP contribution < -0.4 is 0 Å². The third-order valence-corrected chi connectivity index (χ3v) is 5.39. The fraction of sp³-hybridized carbons (Fsp3) is 0.143. The van der Waals surface area contributed by atoms with E-state index in [1.807, 2.05) is 65.4 Å². The number of rotatable bonds is 4. The molecule has 1 aliphatic heterocycles. The Labute approximate surface area is 155 Å². The molecule has 2 heterocycles. The molecule has 5 heteroatoms. The third kappa shape index (κ3) is 2.95. The number of carbonyl (C=O) groups excluding carboxylic acids is 2. The van der Waals surface area contributed by atoms with E-state index in [1.54, 1.807) is 6.92 Å². The van der Waals surface area contributed by atoms with Crippen LogP contribution in [0.3, 0.4) is 0 Å². The molecule has 3 aromatic rings. The molecule has 26 heavy (non-hydrogen) atoms. The van der Waals surface area contributed by atoms with E-state index in [9.17, 15) is 9.59 Å². The Morgan fingerprint density at radius 3 is 2.73 bits per heavy atom. The summed E-state index contributed by atoms with van der Waals surface area (Å²) in [5.41, 5.74) is 2.62. The van der Waals surface area contributed by atoms with Crippen molar-refractivity contribution in [3.63, 3.8) is 0 Å². The van der Waals surface area contributed by atoms with Gasteiger partial charge < -0.3 is 9.30 Å². The van der Waals surface area contributed by atoms with Crippen molar-refractivity contribution in [3.8, 4) is 0 Å². The lowest BCUT2D eigenvalue weighted by Gasteiger charge is -2.04. The normalized spacial score (nSPS) is 14.8. The van der Waals surface area contributed by atoms with Crippen molar-refractivity contribution in [1.82, 2.24) is 4.57 Å². The van der Waals surface area contributed by atoms with E-state index in [1.165, 1.54) is 11.8 Å². The number of para-hydroxylation sites is 1. The summed E-state index contributed by atoms with van der Waals surface area (Å²) in [4.78, 5) is 26.2. The molecule has 0 atom stereocenters. The number of esters is 1. The van der Waals surface area contributed by atoms with Crippen LogP contribution in [0.2, 0.25) is 0 Å². The summed E-state index contributed by atoms with van der Waals surface area (Å²) in [7, 11) is 0. The Morgan fingerprint density at radius 2 is 1.92 bits per heavy atom. The molecule has 0 aliphatic carbocycles. The van der Waals surface area contributed by atoms with Crippen LogP contribution in [-0.2, 0) is 16.1 Å². The lowest BCUT2D eigenvalue weighted by Crippen LogP contribution is -2.12. The van der Waals surface area contributed by atoms with Gasteiger partial charge in [-0.3, -0.25) is 9.59 Å². The van der Waals surface area contributed by atoms with E-state index in [-0.39, 0.29) is 18.3 Å². The van der Waals surface area contributed by atoms with Gasteiger partial charge in [-0.1, -0.05) is 42.1 Å². The third-order valence-electron chi connectivity index (χ3n) is 4.29. The number of Topliss-reactive ketones (excluding diaryl/α,β-unsaturated/α-hetero) is 1. The lowest BCUT2D eigenvalue weighted by molar-refractivity contribution is -0.143. The van der Waals surface area contributed by atoms with Crippen LogP contribution in [0.25, 0.3) is 17.0 Å². The summed E-state index contributed by atoms with van der Waals surface area (Å²) in [6.45, 7) is 2.30. The molecule has 1 aliphatic rings. The highest BCUT2D eigenvalue weighted by atomic mass is 32.2. The second-order valence-electron chi connectivity index (χ2n) is 5.97. The maximum Gasteiger partial charge on any atom is 0.325 e. The molecule has 0 saturated heterocycles. The predicted octanol–water partition coefficient (Wildman–Crippen LogP) is 4.53. The second kappa shape index (κ2) is 6.84. The van der Waals surface area contributed by atoms with Gasteiger partial charge >= 0.3 is 5.97 Å². The van der Waals surface area contributed by atoms with Crippen LogP contribution in [0.1, 0.15) is 22.8 Å². The smallest absolute Gasteiger partial charge is 0.325 e. The van der Waals surface area contributed by atoms with Crippen LogP contribution >= 0.6 is 11.8 Å². The molecule has 0 bridgehead atoms. The van der Waals surface area contributed by atoms with Gasteiger partial charge in [-0.2, -0.15) is 0 Å². The van der Waals surface area contributed by atoms with Crippen molar-refractivity contribution in [2.24, 2.45) is 0 Å². The van der Waals surface area contributed by atoms with E-state index in [4.69, 9.17) is 4.74 Å². The minimum absolute atomic E-state index is 0.0489. The SMILES string of the molecule is CCOC(=O)Cn1cc(/C=C2/Sc3ccccc3C2=O)c2ccccc21. The van der Waals surface area contributed by atoms with Crippen LogP contribution in [-0.4, -0.2) is 22.9 Å². The zero-order valence-corrected chi connectivity index (χ0v) is 15.1. The fourth-order valence-corrected chi connectivity index (χ4v) is 4.19. The summed E-state index contributed by atoms with van der Waals surface area (Å²) in [5.74, 6) is -0.223. The molecule has 0 amide bonds. The van der Waals surface area contributed by atoms with Crippen molar-refractivity contribution >= 4 is 40.5 Å². The van der Waals surface area contributed by atoms with Gasteiger partial charge in [0.25, 0.3) is 0 Å². The highest BCUT2D eigenvalue weighted by Crippen LogP contribution is 2.41. The van der Waals surface area contributed by atoms with E-state index >= 15 is 0 Å². The lowest BCUT2D eigenvalue weighted by atomic mass is 10.1. The maximum absolute atomic E-state index is 12.6. The molecule has 0 radical (unpaired) electrons. The van der Waals surface area contributed by atoms with Crippen molar-refractivity contribution < 1.29 is 14.3 Å². The average Bonchev–Trinajstić information content (AvgIpc) is 3.15. The Bertz CT molecular complexity index is 1050. The standard InChI is InChI=1S/C21H17NO3S/c1-2-25-20(23)13-22-12-14(15-7-3-5-9-17(15)22)11-19-21(24)16-8-4-6-10-18(16)26-19/h3-12H,2,13H2,1H3/b19-11+. The van der Waals surface area contributed by atoms with Gasteiger partial charge in [0.15, 0.2) is 0 Å². The summed E-state index contributed by atoms with van der Waals surface area (Å²) < 4.78 is 6.94. The highest BCUT2D eigenvalue weighted by Gasteiger charge is 2.25. The van der Waals surface area contributed by atoms with Crippen molar-refractivity contribution in [2.45, 2.75) is 18.4 Å². The monoisotopic (exact) mass is 363 g/mol. The number of hydrogen-bond acceptors (Lipinski definition) is 4. The number of hydrogen-bond donors (Lipinski definition) is 0. The van der Waals surface area contributed by atoms with Crippen LogP contribution in [0.5, 0.6) is 0 Å². The van der Waals surface area contributed by atoms with Gasteiger partial charge in [-0.05, 0) is 31.2 Å². The Balaban J connectivity index is 1.74. The van der Waals surface area contributed by atoms with Gasteiger partial charge in [0.05, 0.1) is 11.5 Å². The molecule has 0 fully saturated rings. The summed E-state index contributed by atoms with van der Waals surface area (Å²) in [6.07, 6.45) is 3.82. The first-order valence-corrected chi connectivity index (χ1v) is 9.26. The quantitative estimate of drug-likeness (QED) is 0.505. The molecular weight excluding hydrogens is 346 g/mol. The van der Waals surface area contributed by atoms with Crippen LogP contribution in [0, 0.1) is 0 Å². The van der Waals surface area contributed by atoms with Crippen molar-refractivity contribution in [3.05, 3.63) is 70.8 Å². The predicted molar refractivity (Wildman–Crippen MR) is 103 cm³/mol. The number of carbonyl (C=O) groups is 2. The molecule has 2 aromatic carbocycles. The molecule has 130 valence electrons. The van der Waals surface area contributed by atoms with Gasteiger partial charge in [-0.25, -0.2) is 0 Å². The molecule has 4 nitrogen and oxygen atoms in total. The van der Waals surface area contributed by atoms with E-state index in [0.717, 1.165) is 26.9 Å². The summed E-state index contributed by atoms with van der Waals surface area (Å²) in [5, 5.41) is 1.01. The molecule has 0 spiro atoms. The maximum atomic E-state index is 12.6. The molecular formula is C21H17NO3S. The minimum atomic E-state index is -0.272. The summed E-state index contributed by atoms with van der Waals surface area (Å²) in [6, 6.07) is 15.5. The Hall–Kier alpha value is -2.79. The van der Waals surface area contributed by atoms with Crippen molar-refractivity contribution in [1.29, 1.82) is 0 Å². The number of ether oxygens (including phenoxy) is 1. The fourth-order valence-electron chi connectivity index (χ4n) is 3.14. The second-order valence-corrected chi connectivity index (χ2v) is 7.05. The minimum Gasteiger partial charge on any atom is -0.465 e. The number of nitrogens with zero attached hydrogens (tertiary/aromatic N) is 1. The van der Waals surface area contributed by atoms with Crippen molar-refractivity contribution in [2.75, 3.05) is 6.61 Å². The Kier molecular flexibility index (Phi) is 4.39. The van der Waals surface area contributed by atoms with Gasteiger partial charge in [-0.15, -0.1) is 0 Å². The number of thioether (sulfide) groups is 1. The topological polar surface area (TPSA) is 48.3 Å². The number of ketones is 1. The van der Waals surface area contributed by atoms with Gasteiger partial charge in [0.2, 0.25) is 5.78 Å². The first kappa shape index (κ1) is 16.7. The molecule has 4 rings (SSSR count). The number of allylic oxidation sites excluding steroid dienone is 1. The molecule has 0 saturated carbocycles. The van der Waals surface area contributed by atoms with Crippen LogP contribution in [0.15, 0.2) is 64.5 Å².